The van der Waals surface area contributed by atoms with Crippen molar-refractivity contribution in [3.63, 3.8) is 0 Å². The van der Waals surface area contributed by atoms with E-state index in [2.05, 4.69) is 9.80 Å². The molecule has 0 saturated carbocycles. The van der Waals surface area contributed by atoms with Crippen molar-refractivity contribution in [2.24, 2.45) is 0 Å². The van der Waals surface area contributed by atoms with Crippen molar-refractivity contribution < 1.29 is 9.53 Å². The average molecular weight is 246 g/mol. The minimum absolute atomic E-state index is 0.0425. The van der Waals surface area contributed by atoms with Crippen LogP contribution in [-0.2, 0) is 0 Å². The molecule has 0 N–H and O–H groups in total. The number of nitrogens with zero attached hydrogens (tertiary/aromatic N) is 2. The zero-order valence-corrected chi connectivity index (χ0v) is 10.6. The summed E-state index contributed by atoms with van der Waals surface area (Å²) >= 11 is 0. The van der Waals surface area contributed by atoms with Crippen LogP contribution in [0.3, 0.4) is 0 Å². The van der Waals surface area contributed by atoms with Crippen molar-refractivity contribution in [1.82, 2.24) is 9.80 Å². The fourth-order valence-electron chi connectivity index (χ4n) is 2.81. The first kappa shape index (κ1) is 11.7. The van der Waals surface area contributed by atoms with Gasteiger partial charge in [0, 0.05) is 38.3 Å². The van der Waals surface area contributed by atoms with Gasteiger partial charge >= 0.3 is 0 Å². The predicted molar refractivity (Wildman–Crippen MR) is 69.1 cm³/mol. The second-order valence-electron chi connectivity index (χ2n) is 4.95. The molecule has 0 spiro atoms. The first-order chi connectivity index (χ1) is 8.78. The molecule has 1 unspecified atom stereocenters. The van der Waals surface area contributed by atoms with Crippen LogP contribution in [-0.4, -0.2) is 61.5 Å². The van der Waals surface area contributed by atoms with Crippen molar-refractivity contribution >= 4 is 5.78 Å². The molecule has 2 bridgehead atoms. The van der Waals surface area contributed by atoms with Gasteiger partial charge in [-0.25, -0.2) is 0 Å². The summed E-state index contributed by atoms with van der Waals surface area (Å²) in [7, 11) is 1.63. The normalized spacial score (nSPS) is 30.2. The molecule has 3 saturated heterocycles. The summed E-state index contributed by atoms with van der Waals surface area (Å²) in [6.07, 6.45) is 0. The Bertz CT molecular complexity index is 436. The molecule has 0 aromatic heterocycles. The number of Topliss-reactive ketones (excluding diaryl/α,β-unsaturated/α-hetero) is 1. The molecule has 4 nitrogen and oxygen atoms in total. The fourth-order valence-corrected chi connectivity index (χ4v) is 2.81. The van der Waals surface area contributed by atoms with Crippen LogP contribution in [0.2, 0.25) is 0 Å². The van der Waals surface area contributed by atoms with Gasteiger partial charge in [-0.15, -0.1) is 0 Å². The summed E-state index contributed by atoms with van der Waals surface area (Å²) in [5.41, 5.74) is 0.787. The van der Waals surface area contributed by atoms with Crippen LogP contribution in [0.1, 0.15) is 10.4 Å². The SMILES string of the molecule is COc1ccc(C(=O)C2CN3CCN2CC3)cc1. The lowest BCUT2D eigenvalue weighted by Gasteiger charge is -2.46. The van der Waals surface area contributed by atoms with Crippen LogP contribution in [0.15, 0.2) is 24.3 Å². The fraction of sp³-hybridized carbons (Fsp3) is 0.500. The smallest absolute Gasteiger partial charge is 0.181 e. The summed E-state index contributed by atoms with van der Waals surface area (Å²) in [5, 5.41) is 0. The molecule has 0 radical (unpaired) electrons. The maximum Gasteiger partial charge on any atom is 0.181 e. The van der Waals surface area contributed by atoms with Gasteiger partial charge in [0.25, 0.3) is 0 Å². The summed E-state index contributed by atoms with van der Waals surface area (Å²) < 4.78 is 5.11. The van der Waals surface area contributed by atoms with Crippen LogP contribution in [0, 0.1) is 0 Å². The molecule has 0 aliphatic carbocycles. The van der Waals surface area contributed by atoms with E-state index in [1.807, 2.05) is 24.3 Å². The van der Waals surface area contributed by atoms with Gasteiger partial charge in [0.2, 0.25) is 0 Å². The first-order valence-electron chi connectivity index (χ1n) is 6.42. The summed E-state index contributed by atoms with van der Waals surface area (Å²) in [5.74, 6) is 1.03. The number of carbonyl (C=O) groups excluding carboxylic acids is 1. The van der Waals surface area contributed by atoms with Crippen molar-refractivity contribution in [2.75, 3.05) is 39.8 Å². The monoisotopic (exact) mass is 246 g/mol. The number of ketones is 1. The lowest BCUT2D eigenvalue weighted by atomic mass is 9.98. The van der Waals surface area contributed by atoms with Crippen molar-refractivity contribution in [1.29, 1.82) is 0 Å². The Kier molecular flexibility index (Phi) is 3.06. The molecule has 3 aliphatic rings. The van der Waals surface area contributed by atoms with E-state index in [1.54, 1.807) is 7.11 Å². The maximum absolute atomic E-state index is 12.5. The number of hydrogen-bond donors (Lipinski definition) is 0. The Labute approximate surface area is 107 Å². The Hall–Kier alpha value is -1.39. The van der Waals surface area contributed by atoms with E-state index in [1.165, 1.54) is 0 Å². The Morgan fingerprint density at radius 2 is 1.83 bits per heavy atom. The second-order valence-corrected chi connectivity index (χ2v) is 4.95. The molecular formula is C14H18N2O2. The number of ether oxygens (including phenoxy) is 1. The quantitative estimate of drug-likeness (QED) is 0.741. The van der Waals surface area contributed by atoms with Crippen molar-refractivity contribution in [3.05, 3.63) is 29.8 Å². The van der Waals surface area contributed by atoms with Crippen LogP contribution < -0.4 is 4.74 Å². The van der Waals surface area contributed by atoms with Crippen LogP contribution in [0.5, 0.6) is 5.75 Å². The number of carbonyl (C=O) groups is 1. The number of rotatable bonds is 3. The molecule has 1 aromatic rings. The van der Waals surface area contributed by atoms with E-state index in [9.17, 15) is 4.79 Å². The third-order valence-electron chi connectivity index (χ3n) is 3.96. The van der Waals surface area contributed by atoms with Gasteiger partial charge in [-0.2, -0.15) is 0 Å². The van der Waals surface area contributed by atoms with E-state index >= 15 is 0 Å². The highest BCUT2D eigenvalue weighted by molar-refractivity contribution is 6.00. The third kappa shape index (κ3) is 2.02. The van der Waals surface area contributed by atoms with Gasteiger partial charge in [-0.05, 0) is 24.3 Å². The lowest BCUT2D eigenvalue weighted by Crippen LogP contribution is -2.63. The largest absolute Gasteiger partial charge is 0.497 e. The van der Waals surface area contributed by atoms with Crippen molar-refractivity contribution in [3.8, 4) is 5.75 Å². The van der Waals surface area contributed by atoms with Crippen LogP contribution >= 0.6 is 0 Å². The maximum atomic E-state index is 12.5. The number of piperazine rings is 3. The van der Waals surface area contributed by atoms with Gasteiger partial charge < -0.3 is 4.74 Å². The summed E-state index contributed by atoms with van der Waals surface area (Å²) in [6.45, 7) is 5.13. The first-order valence-corrected chi connectivity index (χ1v) is 6.42. The van der Waals surface area contributed by atoms with Crippen LogP contribution in [0.25, 0.3) is 0 Å². The lowest BCUT2D eigenvalue weighted by molar-refractivity contribution is 0.0159. The average Bonchev–Trinajstić information content (AvgIpc) is 2.48. The highest BCUT2D eigenvalue weighted by atomic mass is 16.5. The number of benzene rings is 1. The van der Waals surface area contributed by atoms with E-state index in [0.717, 1.165) is 44.0 Å². The molecule has 96 valence electrons. The molecule has 1 aromatic carbocycles. The second kappa shape index (κ2) is 4.71. The minimum atomic E-state index is 0.0425. The Morgan fingerprint density at radius 1 is 1.17 bits per heavy atom. The highest BCUT2D eigenvalue weighted by Crippen LogP contribution is 2.20. The minimum Gasteiger partial charge on any atom is -0.497 e. The van der Waals surface area contributed by atoms with E-state index in [0.29, 0.717) is 0 Å². The molecule has 4 heteroatoms. The van der Waals surface area contributed by atoms with Gasteiger partial charge in [-0.1, -0.05) is 0 Å². The van der Waals surface area contributed by atoms with Gasteiger partial charge in [0.15, 0.2) is 5.78 Å². The zero-order valence-electron chi connectivity index (χ0n) is 10.6. The van der Waals surface area contributed by atoms with Crippen LogP contribution in [0.4, 0.5) is 0 Å². The molecule has 3 aliphatic heterocycles. The third-order valence-corrected chi connectivity index (χ3v) is 3.96. The number of fused-ring (bicyclic) bond motifs is 3. The predicted octanol–water partition coefficient (Wildman–Crippen LogP) is 0.878. The Morgan fingerprint density at radius 3 is 2.33 bits per heavy atom. The molecule has 0 amide bonds. The van der Waals surface area contributed by atoms with E-state index in [-0.39, 0.29) is 11.8 Å². The molecule has 18 heavy (non-hydrogen) atoms. The van der Waals surface area contributed by atoms with Gasteiger partial charge in [0.1, 0.15) is 5.75 Å². The number of hydrogen-bond acceptors (Lipinski definition) is 4. The van der Waals surface area contributed by atoms with Crippen molar-refractivity contribution in [2.45, 2.75) is 6.04 Å². The topological polar surface area (TPSA) is 32.8 Å². The number of methoxy groups -OCH3 is 1. The highest BCUT2D eigenvalue weighted by Gasteiger charge is 2.36. The molecule has 1 atom stereocenters. The summed E-state index contributed by atoms with van der Waals surface area (Å²) in [4.78, 5) is 17.2. The van der Waals surface area contributed by atoms with E-state index in [4.69, 9.17) is 4.74 Å². The molecular weight excluding hydrogens is 228 g/mol. The molecule has 3 fully saturated rings. The molecule has 4 rings (SSSR count). The van der Waals surface area contributed by atoms with Gasteiger partial charge in [0.05, 0.1) is 13.2 Å². The van der Waals surface area contributed by atoms with Gasteiger partial charge in [-0.3, -0.25) is 14.6 Å². The Balaban J connectivity index is 1.77. The summed E-state index contributed by atoms with van der Waals surface area (Å²) in [6, 6.07) is 7.47. The van der Waals surface area contributed by atoms with E-state index < -0.39 is 0 Å². The standard InChI is InChI=1S/C14H18N2O2/c1-18-12-4-2-11(3-5-12)14(17)13-10-15-6-8-16(13)9-7-15/h2-5,13H,6-10H2,1H3. The zero-order chi connectivity index (χ0) is 12.5. The molecule has 3 heterocycles.